The van der Waals surface area contributed by atoms with Crippen molar-refractivity contribution in [2.45, 2.75) is 6.54 Å². The maximum absolute atomic E-state index is 5.71. The van der Waals surface area contributed by atoms with Gasteiger partial charge < -0.3 is 20.3 Å². The molecule has 1 heterocycles. The molecule has 16 heavy (non-hydrogen) atoms. The van der Waals surface area contributed by atoms with Crippen LogP contribution in [-0.4, -0.2) is 17.3 Å². The Bertz CT molecular complexity index is 456. The van der Waals surface area contributed by atoms with Gasteiger partial charge in [-0.3, -0.25) is 0 Å². The molecule has 2 aromatic rings. The maximum Gasteiger partial charge on any atom is 0.213 e. The summed E-state index contributed by atoms with van der Waals surface area (Å²) in [5.74, 6) is 1.29. The molecule has 84 valence electrons. The van der Waals surface area contributed by atoms with Gasteiger partial charge in [-0.15, -0.1) is 0 Å². The second-order valence-electron chi connectivity index (χ2n) is 3.20. The molecule has 0 aliphatic carbocycles. The second kappa shape index (κ2) is 4.52. The molecule has 0 saturated heterocycles. The minimum atomic E-state index is 0.475. The van der Waals surface area contributed by atoms with Crippen molar-refractivity contribution in [3.63, 3.8) is 0 Å². The maximum atomic E-state index is 5.71. The van der Waals surface area contributed by atoms with Crippen LogP contribution in [0.25, 0.3) is 0 Å². The summed E-state index contributed by atoms with van der Waals surface area (Å²) in [7, 11) is 1.59. The molecule has 0 aliphatic heterocycles. The first-order chi connectivity index (χ1) is 7.78. The van der Waals surface area contributed by atoms with Gasteiger partial charge in [0, 0.05) is 23.5 Å². The molecule has 6 heteroatoms. The Kier molecular flexibility index (Phi) is 2.90. The number of hydrogen-bond acceptors (Lipinski definition) is 6. The summed E-state index contributed by atoms with van der Waals surface area (Å²) in [4.78, 5) is 3.89. The Morgan fingerprint density at radius 3 is 3.00 bits per heavy atom. The number of nitrogen functional groups attached to an aromatic ring is 1. The highest BCUT2D eigenvalue weighted by Gasteiger charge is 2.01. The van der Waals surface area contributed by atoms with Gasteiger partial charge in [0.2, 0.25) is 6.39 Å². The van der Waals surface area contributed by atoms with E-state index in [1.165, 1.54) is 6.39 Å². The van der Waals surface area contributed by atoms with Crippen LogP contribution >= 0.6 is 0 Å². The largest absolute Gasteiger partial charge is 0.497 e. The molecule has 0 radical (unpaired) electrons. The lowest BCUT2D eigenvalue weighted by molar-refractivity contribution is 0.411. The number of nitrogens with one attached hydrogen (secondary N) is 1. The predicted molar refractivity (Wildman–Crippen MR) is 59.0 cm³/mol. The van der Waals surface area contributed by atoms with Gasteiger partial charge in [0.1, 0.15) is 5.75 Å². The summed E-state index contributed by atoms with van der Waals surface area (Å²) in [5, 5.41) is 6.80. The Morgan fingerprint density at radius 2 is 2.31 bits per heavy atom. The smallest absolute Gasteiger partial charge is 0.213 e. The third-order valence-electron chi connectivity index (χ3n) is 2.02. The monoisotopic (exact) mass is 220 g/mol. The number of nitrogens with zero attached hydrogens (tertiary/aromatic N) is 2. The van der Waals surface area contributed by atoms with E-state index < -0.39 is 0 Å². The minimum absolute atomic E-state index is 0.475. The molecule has 0 spiro atoms. The van der Waals surface area contributed by atoms with Crippen molar-refractivity contribution in [3.8, 4) is 5.75 Å². The van der Waals surface area contributed by atoms with Gasteiger partial charge in [-0.1, -0.05) is 5.16 Å². The van der Waals surface area contributed by atoms with Crippen LogP contribution in [0, 0.1) is 0 Å². The normalized spacial score (nSPS) is 10.1. The van der Waals surface area contributed by atoms with Crippen molar-refractivity contribution in [1.29, 1.82) is 0 Å². The van der Waals surface area contributed by atoms with E-state index in [0.29, 0.717) is 23.8 Å². The first kappa shape index (κ1) is 10.3. The van der Waals surface area contributed by atoms with Crippen LogP contribution in [0.2, 0.25) is 0 Å². The molecular weight excluding hydrogens is 208 g/mol. The van der Waals surface area contributed by atoms with E-state index in [2.05, 4.69) is 20.0 Å². The van der Waals surface area contributed by atoms with Gasteiger partial charge in [0.25, 0.3) is 0 Å². The minimum Gasteiger partial charge on any atom is -0.497 e. The Balaban J connectivity index is 2.06. The highest BCUT2D eigenvalue weighted by Crippen LogP contribution is 2.22. The molecule has 0 fully saturated rings. The summed E-state index contributed by atoms with van der Waals surface area (Å²) < 4.78 is 9.72. The van der Waals surface area contributed by atoms with Crippen LogP contribution in [0.5, 0.6) is 5.75 Å². The standard InChI is InChI=1S/C10H12N4O2/c1-15-9-3-7(11)2-8(4-9)12-5-10-13-6-16-14-10/h2-4,6,12H,5,11H2,1H3. The fourth-order valence-electron chi connectivity index (χ4n) is 1.29. The molecule has 0 saturated carbocycles. The summed E-state index contributed by atoms with van der Waals surface area (Å²) in [6, 6.07) is 5.40. The molecule has 1 aromatic heterocycles. The average molecular weight is 220 g/mol. The van der Waals surface area contributed by atoms with E-state index in [0.717, 1.165) is 5.69 Å². The van der Waals surface area contributed by atoms with Crippen LogP contribution in [0.15, 0.2) is 29.1 Å². The number of benzene rings is 1. The third kappa shape index (κ3) is 2.41. The topological polar surface area (TPSA) is 86.2 Å². The van der Waals surface area contributed by atoms with Crippen LogP contribution < -0.4 is 15.8 Å². The van der Waals surface area contributed by atoms with Gasteiger partial charge in [-0.2, -0.15) is 4.98 Å². The van der Waals surface area contributed by atoms with Gasteiger partial charge in [-0.05, 0) is 6.07 Å². The van der Waals surface area contributed by atoms with Crippen molar-refractivity contribution >= 4 is 11.4 Å². The van der Waals surface area contributed by atoms with Crippen LogP contribution in [0.3, 0.4) is 0 Å². The first-order valence-electron chi connectivity index (χ1n) is 4.71. The number of ether oxygens (including phenoxy) is 1. The zero-order chi connectivity index (χ0) is 11.4. The summed E-state index contributed by atoms with van der Waals surface area (Å²) in [6.45, 7) is 0.475. The molecule has 2 rings (SSSR count). The molecule has 0 unspecified atom stereocenters. The van der Waals surface area contributed by atoms with Crippen LogP contribution in [-0.2, 0) is 6.54 Å². The fraction of sp³-hybridized carbons (Fsp3) is 0.200. The fourth-order valence-corrected chi connectivity index (χ4v) is 1.29. The van der Waals surface area contributed by atoms with Gasteiger partial charge in [0.15, 0.2) is 5.82 Å². The number of rotatable bonds is 4. The highest BCUT2D eigenvalue weighted by atomic mass is 16.5. The lowest BCUT2D eigenvalue weighted by Gasteiger charge is -2.07. The van der Waals surface area contributed by atoms with E-state index in [9.17, 15) is 0 Å². The van der Waals surface area contributed by atoms with E-state index in [4.69, 9.17) is 10.5 Å². The van der Waals surface area contributed by atoms with E-state index in [1.807, 2.05) is 12.1 Å². The number of aromatic nitrogens is 2. The molecule has 0 atom stereocenters. The summed E-state index contributed by atoms with van der Waals surface area (Å²) in [6.07, 6.45) is 1.29. The quantitative estimate of drug-likeness (QED) is 0.754. The Morgan fingerprint density at radius 1 is 1.44 bits per heavy atom. The number of anilines is 2. The van der Waals surface area contributed by atoms with Crippen molar-refractivity contribution in [3.05, 3.63) is 30.4 Å². The van der Waals surface area contributed by atoms with Crippen LogP contribution in [0.4, 0.5) is 11.4 Å². The molecule has 3 N–H and O–H groups in total. The molecule has 6 nitrogen and oxygen atoms in total. The predicted octanol–water partition coefficient (Wildman–Crippen LogP) is 1.27. The van der Waals surface area contributed by atoms with Crippen molar-refractivity contribution in [2.75, 3.05) is 18.2 Å². The second-order valence-corrected chi connectivity index (χ2v) is 3.20. The van der Waals surface area contributed by atoms with Crippen molar-refractivity contribution < 1.29 is 9.26 Å². The lowest BCUT2D eigenvalue weighted by atomic mass is 10.2. The highest BCUT2D eigenvalue weighted by molar-refractivity contribution is 5.59. The molecule has 0 bridgehead atoms. The molecule has 0 aliphatic rings. The van der Waals surface area contributed by atoms with Crippen LogP contribution in [0.1, 0.15) is 5.82 Å². The summed E-state index contributed by atoms with van der Waals surface area (Å²) >= 11 is 0. The van der Waals surface area contributed by atoms with E-state index in [-0.39, 0.29) is 0 Å². The molecule has 1 aromatic carbocycles. The number of nitrogens with two attached hydrogens (primary N) is 1. The molecule has 0 amide bonds. The van der Waals surface area contributed by atoms with Gasteiger partial charge in [-0.25, -0.2) is 0 Å². The number of hydrogen-bond donors (Lipinski definition) is 2. The summed E-state index contributed by atoms with van der Waals surface area (Å²) in [5.41, 5.74) is 7.20. The zero-order valence-corrected chi connectivity index (χ0v) is 8.80. The van der Waals surface area contributed by atoms with Gasteiger partial charge in [0.05, 0.1) is 13.7 Å². The van der Waals surface area contributed by atoms with Crippen molar-refractivity contribution in [1.82, 2.24) is 10.1 Å². The Hall–Kier alpha value is -2.24. The van der Waals surface area contributed by atoms with E-state index >= 15 is 0 Å². The van der Waals surface area contributed by atoms with E-state index in [1.54, 1.807) is 13.2 Å². The Labute approximate surface area is 92.4 Å². The lowest BCUT2D eigenvalue weighted by Crippen LogP contribution is -2.02. The zero-order valence-electron chi connectivity index (χ0n) is 8.80. The average Bonchev–Trinajstić information content (AvgIpc) is 2.78. The van der Waals surface area contributed by atoms with Gasteiger partial charge >= 0.3 is 0 Å². The van der Waals surface area contributed by atoms with Crippen molar-refractivity contribution in [2.24, 2.45) is 0 Å². The third-order valence-corrected chi connectivity index (χ3v) is 2.02. The first-order valence-corrected chi connectivity index (χ1v) is 4.71. The molecular formula is C10H12N4O2. The SMILES string of the molecule is COc1cc(N)cc(NCc2ncon2)c1. The number of methoxy groups -OCH3 is 1.